The Kier molecular flexibility index (Phi) is 7.07. The molecule has 0 heterocycles. The summed E-state index contributed by atoms with van der Waals surface area (Å²) in [6.45, 7) is 6.99. The normalized spacial score (nSPS) is 13.5. The Morgan fingerprint density at radius 1 is 1.39 bits per heavy atom. The van der Waals surface area contributed by atoms with Crippen molar-refractivity contribution in [2.45, 2.75) is 6.92 Å². The van der Waals surface area contributed by atoms with Crippen molar-refractivity contribution in [2.75, 3.05) is 39.8 Å². The van der Waals surface area contributed by atoms with Gasteiger partial charge in [-0.2, -0.15) is 0 Å². The average molecular weight is 259 g/mol. The van der Waals surface area contributed by atoms with E-state index in [4.69, 9.17) is 15.3 Å². The number of rotatable bonds is 8. The van der Waals surface area contributed by atoms with Gasteiger partial charge in [-0.3, -0.25) is 4.79 Å². The van der Waals surface area contributed by atoms with Crippen LogP contribution in [0.25, 0.3) is 0 Å². The van der Waals surface area contributed by atoms with Gasteiger partial charge in [0.1, 0.15) is 13.1 Å². The number of likely N-dealkylation sites (N-methyl/N-ethyl adjacent to an activating group) is 1. The van der Waals surface area contributed by atoms with Gasteiger partial charge >= 0.3 is 0 Å². The molecule has 0 bridgehead atoms. The molecule has 0 saturated heterocycles. The molecule has 0 aliphatic carbocycles. The Labute approximate surface area is 107 Å². The van der Waals surface area contributed by atoms with Crippen molar-refractivity contribution >= 4 is 5.91 Å². The van der Waals surface area contributed by atoms with Gasteiger partial charge in [0.2, 0.25) is 5.91 Å². The third-order valence-electron chi connectivity index (χ3n) is 2.68. The van der Waals surface area contributed by atoms with Crippen LogP contribution in [0.4, 0.5) is 0 Å². The van der Waals surface area contributed by atoms with E-state index in [0.29, 0.717) is 36.2 Å². The van der Waals surface area contributed by atoms with E-state index in [-0.39, 0.29) is 12.5 Å². The summed E-state index contributed by atoms with van der Waals surface area (Å²) >= 11 is 0. The lowest BCUT2D eigenvalue weighted by atomic mass is 10.3. The molecule has 4 N–H and O–H groups in total. The van der Waals surface area contributed by atoms with Crippen molar-refractivity contribution in [3.63, 3.8) is 0 Å². The fraction of sp³-hybridized carbons (Fsp3) is 0.583. The molecule has 0 aromatic carbocycles. The van der Waals surface area contributed by atoms with Gasteiger partial charge in [0.25, 0.3) is 5.95 Å². The van der Waals surface area contributed by atoms with E-state index in [1.807, 2.05) is 7.05 Å². The minimum Gasteiger partial charge on any atom is -0.481 e. The highest BCUT2D eigenvalue weighted by Crippen LogP contribution is 2.02. The van der Waals surface area contributed by atoms with Gasteiger partial charge in [-0.05, 0) is 6.92 Å². The number of aliphatic hydroxyl groups is 3. The molecule has 0 aromatic heterocycles. The van der Waals surface area contributed by atoms with Crippen molar-refractivity contribution in [1.82, 2.24) is 5.32 Å². The fourth-order valence-corrected chi connectivity index (χ4v) is 1.43. The molecule has 1 unspecified atom stereocenters. The quantitative estimate of drug-likeness (QED) is 0.282. The lowest BCUT2D eigenvalue weighted by Gasteiger charge is -2.32. The van der Waals surface area contributed by atoms with Crippen LogP contribution in [0.15, 0.2) is 24.2 Å². The van der Waals surface area contributed by atoms with Gasteiger partial charge in [0, 0.05) is 5.57 Å². The topological polar surface area (TPSA) is 89.8 Å². The molecule has 0 aromatic rings. The summed E-state index contributed by atoms with van der Waals surface area (Å²) in [5.41, 5.74) is 0.444. The van der Waals surface area contributed by atoms with Crippen molar-refractivity contribution in [1.29, 1.82) is 0 Å². The maximum atomic E-state index is 11.3. The molecule has 0 aliphatic heterocycles. The first kappa shape index (κ1) is 16.5. The first-order valence-corrected chi connectivity index (χ1v) is 5.77. The summed E-state index contributed by atoms with van der Waals surface area (Å²) in [7, 11) is 1.86. The van der Waals surface area contributed by atoms with Gasteiger partial charge in [-0.1, -0.05) is 6.58 Å². The summed E-state index contributed by atoms with van der Waals surface area (Å²) in [6, 6.07) is 0. The molecule has 18 heavy (non-hydrogen) atoms. The number of carbonyl (C=O) groups excluding carboxylic acids is 1. The van der Waals surface area contributed by atoms with Gasteiger partial charge in [-0.25, -0.2) is 0 Å². The Balaban J connectivity index is 4.30. The van der Waals surface area contributed by atoms with Crippen molar-refractivity contribution in [2.24, 2.45) is 0 Å². The zero-order valence-electron chi connectivity index (χ0n) is 11.0. The molecule has 6 nitrogen and oxygen atoms in total. The first-order chi connectivity index (χ1) is 8.30. The molecule has 0 radical (unpaired) electrons. The van der Waals surface area contributed by atoms with Crippen LogP contribution in [0.2, 0.25) is 0 Å². The smallest absolute Gasteiger partial charge is 0.275 e. The molecule has 1 atom stereocenters. The predicted octanol–water partition coefficient (Wildman–Crippen LogP) is 0.0750. The van der Waals surface area contributed by atoms with Crippen molar-refractivity contribution in [3.8, 4) is 0 Å². The lowest BCUT2D eigenvalue weighted by molar-refractivity contribution is -0.903. The number of hydrogen-bond donors (Lipinski definition) is 4. The highest BCUT2D eigenvalue weighted by atomic mass is 16.5. The molecule has 6 heteroatoms. The number of amides is 1. The second-order valence-electron chi connectivity index (χ2n) is 4.57. The molecular weight excluding hydrogens is 236 g/mol. The van der Waals surface area contributed by atoms with E-state index >= 15 is 0 Å². The van der Waals surface area contributed by atoms with E-state index in [1.165, 1.54) is 6.08 Å². The largest absolute Gasteiger partial charge is 0.481 e. The number of nitrogens with one attached hydrogen (secondary N) is 1. The monoisotopic (exact) mass is 259 g/mol. The molecular formula is C12H23N2O4+. The Morgan fingerprint density at radius 3 is 2.44 bits per heavy atom. The number of nitrogens with zero attached hydrogens (tertiary/aromatic N) is 1. The number of hydrogen-bond acceptors (Lipinski definition) is 4. The molecule has 1 amide bonds. The van der Waals surface area contributed by atoms with Crippen molar-refractivity contribution in [3.05, 3.63) is 24.2 Å². The average Bonchev–Trinajstić information content (AvgIpc) is 2.26. The zero-order valence-corrected chi connectivity index (χ0v) is 11.0. The first-order valence-electron chi connectivity index (χ1n) is 5.77. The maximum absolute atomic E-state index is 11.3. The third-order valence-corrected chi connectivity index (χ3v) is 2.68. The SMILES string of the molecule is C=C(C)C(=O)NCC[N+](C)(CC=C(O)O)CCO. The van der Waals surface area contributed by atoms with Crippen LogP contribution >= 0.6 is 0 Å². The maximum Gasteiger partial charge on any atom is 0.275 e. The Bertz CT molecular complexity index is 324. The standard InChI is InChI=1S/C12H22N2O4/c1-10(2)12(18)13-5-7-14(3,8-9-15)6-4-11(16)17/h4,15H,1,5-9H2,2-3H3,(H2-,13,16,17,18)/p+1. The second kappa shape index (κ2) is 7.73. The highest BCUT2D eigenvalue weighted by Gasteiger charge is 2.20. The van der Waals surface area contributed by atoms with Crippen LogP contribution in [0.3, 0.4) is 0 Å². The molecule has 104 valence electrons. The van der Waals surface area contributed by atoms with E-state index in [9.17, 15) is 4.79 Å². The summed E-state index contributed by atoms with van der Waals surface area (Å²) in [5, 5.41) is 29.2. The highest BCUT2D eigenvalue weighted by molar-refractivity contribution is 5.91. The van der Waals surface area contributed by atoms with Crippen LogP contribution < -0.4 is 5.32 Å². The van der Waals surface area contributed by atoms with Gasteiger partial charge in [-0.15, -0.1) is 0 Å². The van der Waals surface area contributed by atoms with E-state index in [2.05, 4.69) is 11.9 Å². The van der Waals surface area contributed by atoms with Gasteiger partial charge < -0.3 is 25.1 Å². The zero-order chi connectivity index (χ0) is 14.2. The number of aliphatic hydroxyl groups excluding tert-OH is 2. The van der Waals surface area contributed by atoms with Crippen LogP contribution in [-0.2, 0) is 4.79 Å². The van der Waals surface area contributed by atoms with Gasteiger partial charge in [0.05, 0.1) is 32.8 Å². The summed E-state index contributed by atoms with van der Waals surface area (Å²) in [5.74, 6) is -0.936. The summed E-state index contributed by atoms with van der Waals surface area (Å²) in [6.07, 6.45) is 1.27. The van der Waals surface area contributed by atoms with E-state index in [1.54, 1.807) is 6.92 Å². The van der Waals surface area contributed by atoms with E-state index in [0.717, 1.165) is 0 Å². The fourth-order valence-electron chi connectivity index (χ4n) is 1.43. The van der Waals surface area contributed by atoms with Crippen LogP contribution in [0.1, 0.15) is 6.92 Å². The molecule has 0 saturated carbocycles. The molecule has 0 spiro atoms. The lowest BCUT2D eigenvalue weighted by Crippen LogP contribution is -2.50. The predicted molar refractivity (Wildman–Crippen MR) is 69.0 cm³/mol. The summed E-state index contributed by atoms with van der Waals surface area (Å²) in [4.78, 5) is 11.3. The minimum absolute atomic E-state index is 0.00897. The molecule has 0 rings (SSSR count). The number of quaternary nitrogens is 1. The Morgan fingerprint density at radius 2 is 2.00 bits per heavy atom. The minimum atomic E-state index is -0.733. The van der Waals surface area contributed by atoms with Crippen LogP contribution in [0, 0.1) is 0 Å². The number of carbonyl (C=O) groups is 1. The summed E-state index contributed by atoms with van der Waals surface area (Å²) < 4.78 is 0.400. The van der Waals surface area contributed by atoms with Crippen LogP contribution in [-0.4, -0.2) is 65.5 Å². The van der Waals surface area contributed by atoms with Gasteiger partial charge in [0.15, 0.2) is 0 Å². The molecule has 0 fully saturated rings. The second-order valence-corrected chi connectivity index (χ2v) is 4.57. The third kappa shape index (κ3) is 6.93. The van der Waals surface area contributed by atoms with Crippen LogP contribution in [0.5, 0.6) is 0 Å². The molecule has 0 aliphatic rings. The van der Waals surface area contributed by atoms with Crippen molar-refractivity contribution < 1.29 is 24.6 Å². The Hall–Kier alpha value is -1.53. The van der Waals surface area contributed by atoms with E-state index < -0.39 is 5.95 Å².